The number of nitro benzene ring substituents is 1. The molecule has 0 aliphatic heterocycles. The SMILES string of the molecule is O=[N+]([O-])c1ccc2nonc2c1Nc1cccc(C(F)(F)F)c1. The van der Waals surface area contributed by atoms with Gasteiger partial charge in [-0.15, -0.1) is 0 Å². The maximum Gasteiger partial charge on any atom is 0.416 e. The molecule has 0 fully saturated rings. The normalized spacial score (nSPS) is 11.6. The highest BCUT2D eigenvalue weighted by atomic mass is 19.4. The number of nitro groups is 1. The molecule has 10 heteroatoms. The minimum Gasteiger partial charge on any atom is -0.348 e. The summed E-state index contributed by atoms with van der Waals surface area (Å²) in [6.45, 7) is 0. The van der Waals surface area contributed by atoms with Crippen LogP contribution >= 0.6 is 0 Å². The number of alkyl halides is 3. The van der Waals surface area contributed by atoms with Crippen LogP contribution in [-0.2, 0) is 6.18 Å². The summed E-state index contributed by atoms with van der Waals surface area (Å²) >= 11 is 0. The van der Waals surface area contributed by atoms with Gasteiger partial charge < -0.3 is 5.32 Å². The fourth-order valence-corrected chi connectivity index (χ4v) is 2.03. The zero-order valence-electron chi connectivity index (χ0n) is 11.2. The van der Waals surface area contributed by atoms with Crippen molar-refractivity contribution in [1.29, 1.82) is 0 Å². The first kappa shape index (κ1) is 14.8. The Morgan fingerprint density at radius 2 is 1.96 bits per heavy atom. The second-order valence-electron chi connectivity index (χ2n) is 4.55. The van der Waals surface area contributed by atoms with E-state index in [9.17, 15) is 23.3 Å². The molecule has 7 nitrogen and oxygen atoms in total. The summed E-state index contributed by atoms with van der Waals surface area (Å²) in [6, 6.07) is 6.79. The van der Waals surface area contributed by atoms with Gasteiger partial charge in [0.25, 0.3) is 5.69 Å². The van der Waals surface area contributed by atoms with Crippen LogP contribution < -0.4 is 5.32 Å². The average Bonchev–Trinajstić information content (AvgIpc) is 2.95. The molecule has 3 rings (SSSR count). The average molecular weight is 324 g/mol. The number of hydrogen-bond donors (Lipinski definition) is 1. The topological polar surface area (TPSA) is 94.1 Å². The lowest BCUT2D eigenvalue weighted by Crippen LogP contribution is -2.05. The molecule has 2 aromatic carbocycles. The molecule has 1 N–H and O–H groups in total. The van der Waals surface area contributed by atoms with Crippen LogP contribution in [-0.4, -0.2) is 15.2 Å². The second-order valence-corrected chi connectivity index (χ2v) is 4.55. The summed E-state index contributed by atoms with van der Waals surface area (Å²) < 4.78 is 42.7. The van der Waals surface area contributed by atoms with Gasteiger partial charge in [-0.05, 0) is 34.6 Å². The van der Waals surface area contributed by atoms with Crippen molar-refractivity contribution < 1.29 is 22.7 Å². The summed E-state index contributed by atoms with van der Waals surface area (Å²) in [5.74, 6) is 0. The quantitative estimate of drug-likeness (QED) is 0.580. The zero-order chi connectivity index (χ0) is 16.6. The summed E-state index contributed by atoms with van der Waals surface area (Å²) in [6.07, 6.45) is -4.52. The van der Waals surface area contributed by atoms with Crippen LogP contribution in [0.4, 0.5) is 30.2 Å². The Labute approximate surface area is 125 Å². The summed E-state index contributed by atoms with van der Waals surface area (Å²) in [7, 11) is 0. The van der Waals surface area contributed by atoms with Crippen LogP contribution in [0.3, 0.4) is 0 Å². The number of rotatable bonds is 3. The lowest BCUT2D eigenvalue weighted by Gasteiger charge is -2.10. The molecular formula is C13H7F3N4O3. The Hall–Kier alpha value is -3.17. The van der Waals surface area contributed by atoms with Gasteiger partial charge in [0, 0.05) is 11.8 Å². The van der Waals surface area contributed by atoms with Gasteiger partial charge >= 0.3 is 6.18 Å². The largest absolute Gasteiger partial charge is 0.416 e. The molecule has 3 aromatic rings. The lowest BCUT2D eigenvalue weighted by molar-refractivity contribution is -0.383. The third kappa shape index (κ3) is 2.78. The van der Waals surface area contributed by atoms with Gasteiger partial charge in [0.2, 0.25) is 0 Å². The van der Waals surface area contributed by atoms with E-state index < -0.39 is 16.7 Å². The van der Waals surface area contributed by atoms with E-state index >= 15 is 0 Å². The third-order valence-electron chi connectivity index (χ3n) is 3.06. The molecule has 0 amide bonds. The van der Waals surface area contributed by atoms with E-state index in [1.165, 1.54) is 24.3 Å². The first-order chi connectivity index (χ1) is 10.9. The molecule has 0 saturated carbocycles. The van der Waals surface area contributed by atoms with E-state index in [4.69, 9.17) is 0 Å². The van der Waals surface area contributed by atoms with Crippen LogP contribution in [0.15, 0.2) is 41.0 Å². The predicted molar refractivity (Wildman–Crippen MR) is 73.2 cm³/mol. The minimum absolute atomic E-state index is 0.0263. The van der Waals surface area contributed by atoms with Crippen molar-refractivity contribution in [2.45, 2.75) is 6.18 Å². The predicted octanol–water partition coefficient (Wildman–Crippen LogP) is 3.89. The van der Waals surface area contributed by atoms with Crippen molar-refractivity contribution in [2.75, 3.05) is 5.32 Å². The van der Waals surface area contributed by atoms with Crippen molar-refractivity contribution >= 4 is 28.1 Å². The van der Waals surface area contributed by atoms with Crippen LogP contribution in [0, 0.1) is 10.1 Å². The van der Waals surface area contributed by atoms with Gasteiger partial charge in [0.05, 0.1) is 10.5 Å². The molecule has 1 heterocycles. The van der Waals surface area contributed by atoms with Gasteiger partial charge in [-0.25, -0.2) is 4.63 Å². The molecule has 0 radical (unpaired) electrons. The van der Waals surface area contributed by atoms with Crippen molar-refractivity contribution in [3.05, 3.63) is 52.1 Å². The monoisotopic (exact) mass is 324 g/mol. The van der Waals surface area contributed by atoms with E-state index in [2.05, 4.69) is 20.3 Å². The number of nitrogens with one attached hydrogen (secondary N) is 1. The molecule has 0 aliphatic carbocycles. The number of aromatic nitrogens is 2. The highest BCUT2D eigenvalue weighted by molar-refractivity contribution is 5.94. The number of nitrogens with zero attached hydrogens (tertiary/aromatic N) is 3. The van der Waals surface area contributed by atoms with E-state index in [-0.39, 0.29) is 28.1 Å². The molecular weight excluding hydrogens is 317 g/mol. The molecule has 23 heavy (non-hydrogen) atoms. The van der Waals surface area contributed by atoms with Crippen molar-refractivity contribution in [3.8, 4) is 0 Å². The van der Waals surface area contributed by atoms with Crippen LogP contribution in [0.1, 0.15) is 5.56 Å². The number of hydrogen-bond acceptors (Lipinski definition) is 6. The molecule has 1 aromatic heterocycles. The van der Waals surface area contributed by atoms with Gasteiger partial charge in [0.1, 0.15) is 11.2 Å². The summed E-state index contributed by atoms with van der Waals surface area (Å²) in [4.78, 5) is 10.4. The zero-order valence-corrected chi connectivity index (χ0v) is 11.2. The van der Waals surface area contributed by atoms with Gasteiger partial charge in [0.15, 0.2) is 5.52 Å². The fourth-order valence-electron chi connectivity index (χ4n) is 2.03. The van der Waals surface area contributed by atoms with E-state index in [0.717, 1.165) is 12.1 Å². The maximum atomic E-state index is 12.7. The van der Waals surface area contributed by atoms with Gasteiger partial charge in [-0.3, -0.25) is 10.1 Å². The smallest absolute Gasteiger partial charge is 0.348 e. The highest BCUT2D eigenvalue weighted by Gasteiger charge is 2.30. The second kappa shape index (κ2) is 5.23. The number of halogens is 3. The number of benzene rings is 2. The van der Waals surface area contributed by atoms with Gasteiger partial charge in [-0.2, -0.15) is 13.2 Å². The van der Waals surface area contributed by atoms with Crippen LogP contribution in [0.25, 0.3) is 11.0 Å². The lowest BCUT2D eigenvalue weighted by atomic mass is 10.1. The van der Waals surface area contributed by atoms with Crippen molar-refractivity contribution in [2.24, 2.45) is 0 Å². The molecule has 0 atom stereocenters. The van der Waals surface area contributed by atoms with Crippen LogP contribution in [0.5, 0.6) is 0 Å². The molecule has 0 bridgehead atoms. The van der Waals surface area contributed by atoms with Crippen LogP contribution in [0.2, 0.25) is 0 Å². The Bertz CT molecular complexity index is 892. The summed E-state index contributed by atoms with van der Waals surface area (Å²) in [5.41, 5.74) is -1.01. The van der Waals surface area contributed by atoms with E-state index in [1.54, 1.807) is 0 Å². The third-order valence-corrected chi connectivity index (χ3v) is 3.06. The molecule has 0 unspecified atom stereocenters. The highest BCUT2D eigenvalue weighted by Crippen LogP contribution is 2.35. The Morgan fingerprint density at radius 1 is 1.17 bits per heavy atom. The Kier molecular flexibility index (Phi) is 3.36. The Morgan fingerprint density at radius 3 is 2.65 bits per heavy atom. The maximum absolute atomic E-state index is 12.7. The molecule has 0 saturated heterocycles. The minimum atomic E-state index is -4.52. The first-order valence-electron chi connectivity index (χ1n) is 6.20. The van der Waals surface area contributed by atoms with Crippen molar-refractivity contribution in [3.63, 3.8) is 0 Å². The number of fused-ring (bicyclic) bond motifs is 1. The van der Waals surface area contributed by atoms with Crippen molar-refractivity contribution in [1.82, 2.24) is 10.3 Å². The van der Waals surface area contributed by atoms with Gasteiger partial charge in [-0.1, -0.05) is 6.07 Å². The van der Waals surface area contributed by atoms with E-state index in [1.807, 2.05) is 0 Å². The molecule has 118 valence electrons. The standard InChI is InChI=1S/C13H7F3N4O3/c14-13(15,16)7-2-1-3-8(6-7)17-12-10(20(21)22)5-4-9-11(12)19-23-18-9/h1-6,17H. The fraction of sp³-hybridized carbons (Fsp3) is 0.0769. The Balaban J connectivity index is 2.09. The van der Waals surface area contributed by atoms with E-state index in [0.29, 0.717) is 0 Å². The molecule has 0 aliphatic rings. The summed E-state index contributed by atoms with van der Waals surface area (Å²) in [5, 5.41) is 20.8. The first-order valence-corrected chi connectivity index (χ1v) is 6.20. The number of anilines is 2. The molecule has 0 spiro atoms.